The van der Waals surface area contributed by atoms with Gasteiger partial charge in [-0.1, -0.05) is 31.2 Å². The molecule has 3 nitrogen and oxygen atoms in total. The molecule has 0 aliphatic heterocycles. The maximum absolute atomic E-state index is 11.7. The lowest BCUT2D eigenvalue weighted by molar-refractivity contribution is 0.0320. The molecule has 14 heavy (non-hydrogen) atoms. The van der Waals surface area contributed by atoms with Crippen molar-refractivity contribution in [1.29, 1.82) is 0 Å². The van der Waals surface area contributed by atoms with Gasteiger partial charge in [-0.2, -0.15) is 0 Å². The van der Waals surface area contributed by atoms with E-state index in [1.807, 2.05) is 0 Å². The Labute approximate surface area is 81.4 Å². The van der Waals surface area contributed by atoms with E-state index < -0.39 is 17.2 Å². The zero-order valence-corrected chi connectivity index (χ0v) is 7.78. The molecule has 0 saturated carbocycles. The number of carbonyl (C=O) groups is 2. The minimum atomic E-state index is -1.82. The fourth-order valence-corrected chi connectivity index (χ4v) is 1.75. The monoisotopic (exact) mass is 190 g/mol. The van der Waals surface area contributed by atoms with Crippen LogP contribution in [0.5, 0.6) is 0 Å². The average molecular weight is 190 g/mol. The molecule has 0 bridgehead atoms. The van der Waals surface area contributed by atoms with Gasteiger partial charge in [0.25, 0.3) is 0 Å². The van der Waals surface area contributed by atoms with Gasteiger partial charge >= 0.3 is 0 Å². The Bertz CT molecular complexity index is 385. The first-order valence-corrected chi connectivity index (χ1v) is 4.52. The summed E-state index contributed by atoms with van der Waals surface area (Å²) in [7, 11) is 0. The number of fused-ring (bicyclic) bond motifs is 1. The molecule has 1 aromatic carbocycles. The smallest absolute Gasteiger partial charge is 0.203 e. The van der Waals surface area contributed by atoms with Crippen LogP contribution >= 0.6 is 0 Å². The van der Waals surface area contributed by atoms with Crippen LogP contribution in [-0.4, -0.2) is 22.3 Å². The lowest BCUT2D eigenvalue weighted by Crippen LogP contribution is -2.40. The van der Waals surface area contributed by atoms with Crippen molar-refractivity contribution in [2.45, 2.75) is 18.9 Å². The maximum Gasteiger partial charge on any atom is 0.203 e. The third-order valence-electron chi connectivity index (χ3n) is 2.68. The zero-order chi connectivity index (χ0) is 10.3. The van der Waals surface area contributed by atoms with Gasteiger partial charge in [-0.05, 0) is 6.42 Å². The first-order chi connectivity index (χ1) is 6.61. The lowest BCUT2D eigenvalue weighted by Gasteiger charge is -2.15. The van der Waals surface area contributed by atoms with Gasteiger partial charge in [0.2, 0.25) is 11.6 Å². The molecule has 1 aromatic rings. The fourth-order valence-electron chi connectivity index (χ4n) is 1.75. The Morgan fingerprint density at radius 2 is 1.57 bits per heavy atom. The van der Waals surface area contributed by atoms with Gasteiger partial charge < -0.3 is 5.11 Å². The van der Waals surface area contributed by atoms with E-state index in [2.05, 4.69) is 0 Å². The molecular formula is C11H10O3. The van der Waals surface area contributed by atoms with Crippen LogP contribution in [0, 0.1) is 0 Å². The molecule has 0 heterocycles. The van der Waals surface area contributed by atoms with Crippen molar-refractivity contribution in [2.75, 3.05) is 0 Å². The van der Waals surface area contributed by atoms with Crippen molar-refractivity contribution in [1.82, 2.24) is 0 Å². The quantitative estimate of drug-likeness (QED) is 0.677. The number of aliphatic hydroxyl groups is 1. The third kappa shape index (κ3) is 0.902. The molecule has 0 amide bonds. The van der Waals surface area contributed by atoms with Crippen LogP contribution < -0.4 is 0 Å². The number of hydrogen-bond acceptors (Lipinski definition) is 3. The molecule has 1 aliphatic carbocycles. The zero-order valence-electron chi connectivity index (χ0n) is 7.78. The van der Waals surface area contributed by atoms with Crippen molar-refractivity contribution in [3.63, 3.8) is 0 Å². The molecule has 1 aliphatic rings. The second-order valence-electron chi connectivity index (χ2n) is 3.42. The Hall–Kier alpha value is -1.48. The van der Waals surface area contributed by atoms with Crippen molar-refractivity contribution < 1.29 is 14.7 Å². The number of carbonyl (C=O) groups excluding carboxylic acids is 2. The summed E-state index contributed by atoms with van der Waals surface area (Å²) >= 11 is 0. The van der Waals surface area contributed by atoms with E-state index in [-0.39, 0.29) is 6.42 Å². The van der Waals surface area contributed by atoms with E-state index in [1.165, 1.54) is 0 Å². The molecule has 2 rings (SSSR count). The average Bonchev–Trinajstić information content (AvgIpc) is 2.43. The van der Waals surface area contributed by atoms with Gasteiger partial charge in [0.1, 0.15) is 0 Å². The van der Waals surface area contributed by atoms with E-state index in [4.69, 9.17) is 0 Å². The van der Waals surface area contributed by atoms with Crippen molar-refractivity contribution in [2.24, 2.45) is 0 Å². The van der Waals surface area contributed by atoms with Crippen molar-refractivity contribution in [3.05, 3.63) is 35.4 Å². The Morgan fingerprint density at radius 1 is 1.14 bits per heavy atom. The first-order valence-electron chi connectivity index (χ1n) is 4.52. The van der Waals surface area contributed by atoms with E-state index in [0.717, 1.165) is 0 Å². The van der Waals surface area contributed by atoms with E-state index in [1.54, 1.807) is 31.2 Å². The summed E-state index contributed by atoms with van der Waals surface area (Å²) in [5, 5.41) is 9.86. The molecular weight excluding hydrogens is 180 g/mol. The Kier molecular flexibility index (Phi) is 1.79. The van der Waals surface area contributed by atoms with Crippen LogP contribution in [0.3, 0.4) is 0 Å². The predicted octanol–water partition coefficient (Wildman–Crippen LogP) is 1.21. The van der Waals surface area contributed by atoms with Crippen LogP contribution in [0.4, 0.5) is 0 Å². The Morgan fingerprint density at radius 3 is 1.93 bits per heavy atom. The van der Waals surface area contributed by atoms with Crippen LogP contribution in [-0.2, 0) is 0 Å². The number of hydrogen-bond donors (Lipinski definition) is 1. The normalized spacial score (nSPS) is 18.4. The topological polar surface area (TPSA) is 54.4 Å². The fraction of sp³-hybridized carbons (Fsp3) is 0.273. The maximum atomic E-state index is 11.7. The highest BCUT2D eigenvalue weighted by molar-refractivity contribution is 6.31. The molecule has 3 heteroatoms. The molecule has 0 saturated heterocycles. The molecule has 1 N–H and O–H groups in total. The number of Topliss-reactive ketones (excluding diaryl/α,β-unsaturated/α-hetero) is 2. The highest BCUT2D eigenvalue weighted by atomic mass is 16.3. The van der Waals surface area contributed by atoms with E-state index >= 15 is 0 Å². The van der Waals surface area contributed by atoms with Crippen molar-refractivity contribution >= 4 is 11.6 Å². The summed E-state index contributed by atoms with van der Waals surface area (Å²) in [5.74, 6) is -0.943. The molecule has 0 aromatic heterocycles. The summed E-state index contributed by atoms with van der Waals surface area (Å²) in [6.07, 6.45) is 0.124. The summed E-state index contributed by atoms with van der Waals surface area (Å²) < 4.78 is 0. The second-order valence-corrected chi connectivity index (χ2v) is 3.42. The first kappa shape index (κ1) is 9.09. The van der Waals surface area contributed by atoms with Gasteiger partial charge in [0.05, 0.1) is 0 Å². The van der Waals surface area contributed by atoms with Gasteiger partial charge in [-0.25, -0.2) is 0 Å². The summed E-state index contributed by atoms with van der Waals surface area (Å²) in [4.78, 5) is 23.4. The van der Waals surface area contributed by atoms with Crippen LogP contribution in [0.15, 0.2) is 24.3 Å². The van der Waals surface area contributed by atoms with Crippen LogP contribution in [0.25, 0.3) is 0 Å². The van der Waals surface area contributed by atoms with Crippen LogP contribution in [0.2, 0.25) is 0 Å². The molecule has 0 fully saturated rings. The van der Waals surface area contributed by atoms with Gasteiger partial charge in [-0.3, -0.25) is 9.59 Å². The number of benzene rings is 1. The SMILES string of the molecule is CCC1(O)C(=O)c2ccccc2C1=O. The highest BCUT2D eigenvalue weighted by Gasteiger charge is 2.50. The minimum Gasteiger partial charge on any atom is -0.374 e. The standard InChI is InChI=1S/C11H10O3/c1-2-11(14)9(12)7-5-3-4-6-8(7)10(11)13/h3-6,14H,2H2,1H3. The van der Waals surface area contributed by atoms with Gasteiger partial charge in [0.15, 0.2) is 5.60 Å². The third-order valence-corrected chi connectivity index (χ3v) is 2.68. The highest BCUT2D eigenvalue weighted by Crippen LogP contribution is 2.31. The molecule has 0 atom stereocenters. The predicted molar refractivity (Wildman–Crippen MR) is 50.3 cm³/mol. The molecule has 0 unspecified atom stereocenters. The van der Waals surface area contributed by atoms with Crippen molar-refractivity contribution in [3.8, 4) is 0 Å². The number of ketones is 2. The summed E-state index contributed by atoms with van der Waals surface area (Å²) in [6, 6.07) is 6.52. The summed E-state index contributed by atoms with van der Waals surface area (Å²) in [6.45, 7) is 1.63. The minimum absolute atomic E-state index is 0.124. The number of rotatable bonds is 1. The van der Waals surface area contributed by atoms with Crippen LogP contribution in [0.1, 0.15) is 34.1 Å². The molecule has 72 valence electrons. The Balaban J connectivity index is 2.65. The molecule has 0 radical (unpaired) electrons. The lowest BCUT2D eigenvalue weighted by atomic mass is 9.95. The van der Waals surface area contributed by atoms with Gasteiger partial charge in [-0.15, -0.1) is 0 Å². The van der Waals surface area contributed by atoms with Gasteiger partial charge in [0, 0.05) is 11.1 Å². The second kappa shape index (κ2) is 2.75. The largest absolute Gasteiger partial charge is 0.374 e. The van der Waals surface area contributed by atoms with E-state index in [0.29, 0.717) is 11.1 Å². The van der Waals surface area contributed by atoms with E-state index in [9.17, 15) is 14.7 Å². The molecule has 0 spiro atoms. The summed E-state index contributed by atoms with van der Waals surface area (Å²) in [5.41, 5.74) is -1.15.